The molecule has 1 heterocycles. The number of anilines is 1. The van der Waals surface area contributed by atoms with Gasteiger partial charge in [0, 0.05) is 31.9 Å². The molecule has 116 valence electrons. The normalized spacial score (nSPS) is 11.0. The Bertz CT molecular complexity index is 864. The Hall–Kier alpha value is -3.03. The van der Waals surface area contributed by atoms with Gasteiger partial charge in [0.15, 0.2) is 5.69 Å². The summed E-state index contributed by atoms with van der Waals surface area (Å²) in [6, 6.07) is 4.65. The summed E-state index contributed by atoms with van der Waals surface area (Å²) in [4.78, 5) is 27.8. The third kappa shape index (κ3) is 2.58. The number of methoxy groups -OCH3 is 1. The summed E-state index contributed by atoms with van der Waals surface area (Å²) < 4.78 is 7.02. The van der Waals surface area contributed by atoms with Crippen molar-refractivity contribution in [2.75, 3.05) is 12.8 Å². The first-order valence-electron chi connectivity index (χ1n) is 6.33. The fourth-order valence-corrected chi connectivity index (χ4v) is 1.86. The van der Waals surface area contributed by atoms with Gasteiger partial charge in [0.1, 0.15) is 17.3 Å². The van der Waals surface area contributed by atoms with Crippen molar-refractivity contribution in [3.8, 4) is 11.5 Å². The molecular weight excluding hydrogens is 288 g/mol. The Kier molecular flexibility index (Phi) is 4.02. The second-order valence-corrected chi connectivity index (χ2v) is 4.62. The number of phenolic OH excluding ortho intramolecular Hbond substituents is 1. The maximum atomic E-state index is 12.0. The SMILES string of the molecule is COc1ccc(/C=N/c2c(N)n(C)c(=O)n(C)c2=O)c(O)c1. The van der Waals surface area contributed by atoms with E-state index in [1.165, 1.54) is 33.5 Å². The Morgan fingerprint density at radius 2 is 1.95 bits per heavy atom. The summed E-state index contributed by atoms with van der Waals surface area (Å²) in [6.07, 6.45) is 1.30. The molecule has 0 aliphatic rings. The number of aliphatic imine (C=N–C) groups is 1. The molecule has 0 radical (unpaired) electrons. The van der Waals surface area contributed by atoms with E-state index in [4.69, 9.17) is 10.5 Å². The largest absolute Gasteiger partial charge is 0.507 e. The van der Waals surface area contributed by atoms with E-state index in [9.17, 15) is 14.7 Å². The number of hydrogen-bond acceptors (Lipinski definition) is 6. The summed E-state index contributed by atoms with van der Waals surface area (Å²) in [5, 5.41) is 9.85. The molecule has 0 aliphatic carbocycles. The van der Waals surface area contributed by atoms with Crippen LogP contribution < -0.4 is 21.7 Å². The first kappa shape index (κ1) is 15.4. The summed E-state index contributed by atoms with van der Waals surface area (Å²) in [5.41, 5.74) is 4.93. The molecule has 2 aromatic rings. The van der Waals surface area contributed by atoms with E-state index in [0.717, 1.165) is 9.13 Å². The zero-order valence-electron chi connectivity index (χ0n) is 12.4. The molecule has 1 aromatic carbocycles. The second-order valence-electron chi connectivity index (χ2n) is 4.62. The molecule has 0 saturated carbocycles. The minimum Gasteiger partial charge on any atom is -0.507 e. The lowest BCUT2D eigenvalue weighted by Crippen LogP contribution is -2.37. The Balaban J connectivity index is 2.52. The fourth-order valence-electron chi connectivity index (χ4n) is 1.86. The van der Waals surface area contributed by atoms with Crippen molar-refractivity contribution in [3.05, 3.63) is 44.6 Å². The van der Waals surface area contributed by atoms with E-state index in [0.29, 0.717) is 11.3 Å². The van der Waals surface area contributed by atoms with Crippen molar-refractivity contribution in [2.24, 2.45) is 19.1 Å². The number of benzene rings is 1. The predicted octanol–water partition coefficient (Wildman–Crippen LogP) is 0.131. The van der Waals surface area contributed by atoms with Crippen molar-refractivity contribution in [1.29, 1.82) is 0 Å². The molecule has 0 unspecified atom stereocenters. The summed E-state index contributed by atoms with van der Waals surface area (Å²) >= 11 is 0. The molecule has 22 heavy (non-hydrogen) atoms. The number of rotatable bonds is 3. The zero-order chi connectivity index (χ0) is 16.4. The van der Waals surface area contributed by atoms with Gasteiger partial charge in [-0.05, 0) is 12.1 Å². The number of hydrogen-bond donors (Lipinski definition) is 2. The number of nitrogens with two attached hydrogens (primary N) is 1. The fraction of sp³-hybridized carbons (Fsp3) is 0.214. The van der Waals surface area contributed by atoms with Crippen molar-refractivity contribution in [2.45, 2.75) is 0 Å². The highest BCUT2D eigenvalue weighted by atomic mass is 16.5. The van der Waals surface area contributed by atoms with Gasteiger partial charge >= 0.3 is 5.69 Å². The minimum atomic E-state index is -0.607. The van der Waals surface area contributed by atoms with Crippen LogP contribution in [0.4, 0.5) is 11.5 Å². The van der Waals surface area contributed by atoms with E-state index in [1.54, 1.807) is 12.1 Å². The van der Waals surface area contributed by atoms with E-state index < -0.39 is 11.2 Å². The van der Waals surface area contributed by atoms with Gasteiger partial charge in [-0.2, -0.15) is 0 Å². The van der Waals surface area contributed by atoms with Gasteiger partial charge in [0.05, 0.1) is 7.11 Å². The minimum absolute atomic E-state index is 0.0441. The van der Waals surface area contributed by atoms with Crippen LogP contribution in [-0.4, -0.2) is 27.6 Å². The Labute approximate surface area is 125 Å². The predicted molar refractivity (Wildman–Crippen MR) is 83.2 cm³/mol. The van der Waals surface area contributed by atoms with Crippen molar-refractivity contribution >= 4 is 17.7 Å². The van der Waals surface area contributed by atoms with Gasteiger partial charge in [-0.3, -0.25) is 13.9 Å². The van der Waals surface area contributed by atoms with Crippen LogP contribution in [0.1, 0.15) is 5.56 Å². The van der Waals surface area contributed by atoms with Crippen molar-refractivity contribution < 1.29 is 9.84 Å². The summed E-state index contributed by atoms with van der Waals surface area (Å²) in [7, 11) is 4.27. The zero-order valence-corrected chi connectivity index (χ0v) is 12.4. The lowest BCUT2D eigenvalue weighted by molar-refractivity contribution is 0.407. The quantitative estimate of drug-likeness (QED) is 0.783. The second kappa shape index (κ2) is 5.76. The van der Waals surface area contributed by atoms with E-state index in [2.05, 4.69) is 4.99 Å². The van der Waals surface area contributed by atoms with E-state index in [1.807, 2.05) is 0 Å². The Morgan fingerprint density at radius 3 is 2.55 bits per heavy atom. The molecule has 0 aliphatic heterocycles. The molecule has 2 rings (SSSR count). The van der Waals surface area contributed by atoms with Gasteiger partial charge in [0.25, 0.3) is 5.56 Å². The molecule has 0 saturated heterocycles. The number of nitrogens with zero attached hydrogens (tertiary/aromatic N) is 3. The highest BCUT2D eigenvalue weighted by Gasteiger charge is 2.12. The lowest BCUT2D eigenvalue weighted by atomic mass is 10.2. The van der Waals surface area contributed by atoms with Crippen LogP contribution in [0.15, 0.2) is 32.8 Å². The molecule has 0 amide bonds. The first-order valence-corrected chi connectivity index (χ1v) is 6.33. The molecule has 0 fully saturated rings. The molecule has 0 atom stereocenters. The van der Waals surface area contributed by atoms with E-state index in [-0.39, 0.29) is 17.3 Å². The molecule has 0 bridgehead atoms. The average Bonchev–Trinajstić information content (AvgIpc) is 2.52. The molecule has 1 aromatic heterocycles. The van der Waals surface area contributed by atoms with Crippen LogP contribution in [0.2, 0.25) is 0 Å². The standard InChI is InChI=1S/C14H16N4O4/c1-17-12(15)11(13(20)18(2)14(17)21)16-7-8-4-5-9(22-3)6-10(8)19/h4-7,19H,15H2,1-3H3/b16-7+. The van der Waals surface area contributed by atoms with Crippen molar-refractivity contribution in [3.63, 3.8) is 0 Å². The number of phenols is 1. The third-order valence-corrected chi connectivity index (χ3v) is 3.26. The smallest absolute Gasteiger partial charge is 0.332 e. The highest BCUT2D eigenvalue weighted by Crippen LogP contribution is 2.23. The Morgan fingerprint density at radius 1 is 1.27 bits per heavy atom. The maximum absolute atomic E-state index is 12.0. The maximum Gasteiger partial charge on any atom is 0.332 e. The van der Waals surface area contributed by atoms with Crippen LogP contribution in [0.3, 0.4) is 0 Å². The first-order chi connectivity index (χ1) is 10.4. The molecule has 0 spiro atoms. The van der Waals surface area contributed by atoms with E-state index >= 15 is 0 Å². The van der Waals surface area contributed by atoms with Gasteiger partial charge in [-0.25, -0.2) is 9.79 Å². The summed E-state index contributed by atoms with van der Waals surface area (Å²) in [6.45, 7) is 0. The van der Waals surface area contributed by atoms with Crippen LogP contribution in [0, 0.1) is 0 Å². The van der Waals surface area contributed by atoms with Gasteiger partial charge in [0.2, 0.25) is 0 Å². The molecule has 3 N–H and O–H groups in total. The number of aromatic nitrogens is 2. The number of nitrogen functional groups attached to an aromatic ring is 1. The molecular formula is C14H16N4O4. The van der Waals surface area contributed by atoms with Gasteiger partial charge < -0.3 is 15.6 Å². The number of ether oxygens (including phenoxy) is 1. The van der Waals surface area contributed by atoms with Crippen molar-refractivity contribution in [1.82, 2.24) is 9.13 Å². The average molecular weight is 304 g/mol. The summed E-state index contributed by atoms with van der Waals surface area (Å²) in [5.74, 6) is 0.396. The third-order valence-electron chi connectivity index (χ3n) is 3.26. The molecule has 8 heteroatoms. The molecule has 8 nitrogen and oxygen atoms in total. The number of aromatic hydroxyl groups is 1. The van der Waals surface area contributed by atoms with Crippen LogP contribution in [0.25, 0.3) is 0 Å². The monoisotopic (exact) mass is 304 g/mol. The van der Waals surface area contributed by atoms with Crippen LogP contribution in [0.5, 0.6) is 11.5 Å². The van der Waals surface area contributed by atoms with Crippen LogP contribution >= 0.6 is 0 Å². The van der Waals surface area contributed by atoms with Crippen LogP contribution in [-0.2, 0) is 14.1 Å². The van der Waals surface area contributed by atoms with Gasteiger partial charge in [-0.15, -0.1) is 0 Å². The topological polar surface area (TPSA) is 112 Å². The lowest BCUT2D eigenvalue weighted by Gasteiger charge is -2.08. The van der Waals surface area contributed by atoms with Gasteiger partial charge in [-0.1, -0.05) is 0 Å². The highest BCUT2D eigenvalue weighted by molar-refractivity contribution is 5.86.